The number of nitrogens with one attached hydrogen (secondary N) is 2. The Morgan fingerprint density at radius 1 is 1.42 bits per heavy atom. The molecule has 2 rings (SSSR count). The van der Waals surface area contributed by atoms with Crippen LogP contribution in [0.4, 0.5) is 0 Å². The summed E-state index contributed by atoms with van der Waals surface area (Å²) < 4.78 is 27.6. The molecule has 1 aromatic rings. The third-order valence-electron chi connectivity index (χ3n) is 3.38. The summed E-state index contributed by atoms with van der Waals surface area (Å²) in [5, 5.41) is 3.27. The number of hydrogen-bond acceptors (Lipinski definition) is 4. The molecular weight excluding hydrogens is 304 g/mol. The molecule has 1 aromatic heterocycles. The van der Waals surface area contributed by atoms with Crippen LogP contribution in [0, 0.1) is 19.8 Å². The van der Waals surface area contributed by atoms with Crippen molar-refractivity contribution in [2.75, 3.05) is 13.1 Å². The minimum Gasteiger partial charge on any atom is -0.316 e. The lowest BCUT2D eigenvalue weighted by Crippen LogP contribution is -2.48. The Labute approximate surface area is 125 Å². The van der Waals surface area contributed by atoms with Crippen LogP contribution in [0.2, 0.25) is 0 Å². The van der Waals surface area contributed by atoms with Crippen molar-refractivity contribution in [2.24, 2.45) is 5.92 Å². The molecule has 1 aliphatic rings. The van der Waals surface area contributed by atoms with Crippen LogP contribution in [0.3, 0.4) is 0 Å². The van der Waals surface area contributed by atoms with Gasteiger partial charge in [0.2, 0.25) is 10.0 Å². The van der Waals surface area contributed by atoms with E-state index >= 15 is 0 Å². The van der Waals surface area contributed by atoms with Crippen molar-refractivity contribution in [3.63, 3.8) is 0 Å². The molecule has 2 N–H and O–H groups in total. The zero-order valence-corrected chi connectivity index (χ0v) is 13.8. The van der Waals surface area contributed by atoms with Crippen molar-refractivity contribution in [1.29, 1.82) is 0 Å². The SMILES string of the molecule is Cc1cc(S(=O)(=O)NC2CCNCC2C)c(C)s1.Cl. The van der Waals surface area contributed by atoms with E-state index in [1.807, 2.05) is 13.8 Å². The first-order valence-electron chi connectivity index (χ1n) is 6.20. The van der Waals surface area contributed by atoms with E-state index in [2.05, 4.69) is 17.0 Å². The van der Waals surface area contributed by atoms with Gasteiger partial charge in [-0.15, -0.1) is 23.7 Å². The Balaban J connectivity index is 0.00000180. The molecule has 1 aliphatic heterocycles. The summed E-state index contributed by atoms with van der Waals surface area (Å²) in [5.74, 6) is 0.327. The zero-order chi connectivity index (χ0) is 13.3. The van der Waals surface area contributed by atoms with E-state index in [1.165, 1.54) is 11.3 Å². The largest absolute Gasteiger partial charge is 0.316 e. The van der Waals surface area contributed by atoms with E-state index in [0.29, 0.717) is 10.8 Å². The molecule has 2 atom stereocenters. The smallest absolute Gasteiger partial charge is 0.241 e. The second-order valence-corrected chi connectivity index (χ2v) is 8.12. The highest BCUT2D eigenvalue weighted by atomic mass is 35.5. The maximum atomic E-state index is 12.4. The molecule has 7 heteroatoms. The maximum absolute atomic E-state index is 12.4. The summed E-state index contributed by atoms with van der Waals surface area (Å²) in [7, 11) is -3.37. The highest BCUT2D eigenvalue weighted by Gasteiger charge is 2.28. The molecular formula is C12H21ClN2O2S2. The lowest BCUT2D eigenvalue weighted by molar-refractivity contribution is 0.328. The Hall–Kier alpha value is -0.140. The first kappa shape index (κ1) is 16.9. The second kappa shape index (κ2) is 6.54. The molecule has 0 bridgehead atoms. The van der Waals surface area contributed by atoms with Crippen LogP contribution in [0.25, 0.3) is 0 Å². The zero-order valence-electron chi connectivity index (χ0n) is 11.4. The van der Waals surface area contributed by atoms with E-state index in [0.717, 1.165) is 29.3 Å². The highest BCUT2D eigenvalue weighted by molar-refractivity contribution is 7.89. The summed E-state index contributed by atoms with van der Waals surface area (Å²) in [5.41, 5.74) is 0. The fraction of sp³-hybridized carbons (Fsp3) is 0.667. The summed E-state index contributed by atoms with van der Waals surface area (Å²) in [6.45, 7) is 7.61. The normalized spacial score (nSPS) is 23.9. The number of rotatable bonds is 3. The van der Waals surface area contributed by atoms with Gasteiger partial charge in [0.25, 0.3) is 0 Å². The van der Waals surface area contributed by atoms with Gasteiger partial charge in [0, 0.05) is 15.8 Å². The van der Waals surface area contributed by atoms with Crippen molar-refractivity contribution in [2.45, 2.75) is 38.1 Å². The van der Waals surface area contributed by atoms with E-state index in [-0.39, 0.29) is 18.4 Å². The van der Waals surface area contributed by atoms with E-state index < -0.39 is 10.0 Å². The van der Waals surface area contributed by atoms with Gasteiger partial charge in [0.15, 0.2) is 0 Å². The maximum Gasteiger partial charge on any atom is 0.241 e. The van der Waals surface area contributed by atoms with E-state index in [9.17, 15) is 8.42 Å². The molecule has 0 aliphatic carbocycles. The molecule has 0 spiro atoms. The number of sulfonamides is 1. The predicted octanol–water partition coefficient (Wildman–Crippen LogP) is 2.06. The van der Waals surface area contributed by atoms with E-state index in [1.54, 1.807) is 6.07 Å². The number of piperidine rings is 1. The molecule has 2 unspecified atom stereocenters. The van der Waals surface area contributed by atoms with Gasteiger partial charge < -0.3 is 5.32 Å². The summed E-state index contributed by atoms with van der Waals surface area (Å²) in [6.07, 6.45) is 0.850. The van der Waals surface area contributed by atoms with Crippen LogP contribution in [-0.4, -0.2) is 27.5 Å². The summed E-state index contributed by atoms with van der Waals surface area (Å²) in [4.78, 5) is 2.34. The monoisotopic (exact) mass is 324 g/mol. The Bertz CT molecular complexity index is 528. The van der Waals surface area contributed by atoms with Crippen molar-refractivity contribution in [3.05, 3.63) is 15.8 Å². The third-order valence-corrected chi connectivity index (χ3v) is 6.09. The highest BCUT2D eigenvalue weighted by Crippen LogP contribution is 2.25. The number of aryl methyl sites for hydroxylation is 2. The van der Waals surface area contributed by atoms with Crippen LogP contribution in [0.1, 0.15) is 23.1 Å². The average Bonchev–Trinajstić information content (AvgIpc) is 2.62. The molecule has 1 saturated heterocycles. The van der Waals surface area contributed by atoms with Crippen LogP contribution < -0.4 is 10.0 Å². The summed E-state index contributed by atoms with van der Waals surface area (Å²) in [6, 6.07) is 1.80. The fourth-order valence-electron chi connectivity index (χ4n) is 2.33. The minimum atomic E-state index is -3.37. The van der Waals surface area contributed by atoms with Crippen LogP contribution >= 0.6 is 23.7 Å². The van der Waals surface area contributed by atoms with Gasteiger partial charge in [-0.3, -0.25) is 0 Å². The van der Waals surface area contributed by atoms with Crippen LogP contribution in [-0.2, 0) is 10.0 Å². The molecule has 1 fully saturated rings. The number of thiophene rings is 1. The van der Waals surface area contributed by atoms with Gasteiger partial charge in [-0.1, -0.05) is 6.92 Å². The molecule has 110 valence electrons. The van der Waals surface area contributed by atoms with Crippen LogP contribution in [0.15, 0.2) is 11.0 Å². The predicted molar refractivity (Wildman–Crippen MR) is 81.8 cm³/mol. The number of halogens is 1. The Morgan fingerprint density at radius 3 is 2.63 bits per heavy atom. The first-order chi connectivity index (χ1) is 8.40. The van der Waals surface area contributed by atoms with Gasteiger partial charge in [-0.2, -0.15) is 0 Å². The van der Waals surface area contributed by atoms with Gasteiger partial charge in [-0.05, 0) is 45.3 Å². The molecule has 19 heavy (non-hydrogen) atoms. The van der Waals surface area contributed by atoms with Crippen LogP contribution in [0.5, 0.6) is 0 Å². The molecule has 0 saturated carbocycles. The topological polar surface area (TPSA) is 58.2 Å². The minimum absolute atomic E-state index is 0. The van der Waals surface area contributed by atoms with Gasteiger partial charge >= 0.3 is 0 Å². The average molecular weight is 325 g/mol. The molecule has 0 radical (unpaired) electrons. The molecule has 2 heterocycles. The molecule has 0 amide bonds. The third kappa shape index (κ3) is 3.92. The second-order valence-electron chi connectivity index (χ2n) is 4.98. The standard InChI is InChI=1S/C12H20N2O2S2.ClH/c1-8-7-13-5-4-11(8)14-18(15,16)12-6-9(2)17-10(12)3;/h6,8,11,13-14H,4-5,7H2,1-3H3;1H. The lowest BCUT2D eigenvalue weighted by atomic mass is 9.97. The van der Waals surface area contributed by atoms with Crippen molar-refractivity contribution < 1.29 is 8.42 Å². The number of hydrogen-bond donors (Lipinski definition) is 2. The van der Waals surface area contributed by atoms with Gasteiger partial charge in [-0.25, -0.2) is 13.1 Å². The fourth-order valence-corrected chi connectivity index (χ4v) is 5.26. The first-order valence-corrected chi connectivity index (χ1v) is 8.50. The van der Waals surface area contributed by atoms with Gasteiger partial charge in [0.1, 0.15) is 0 Å². The molecule has 0 aromatic carbocycles. The molecule has 4 nitrogen and oxygen atoms in total. The van der Waals surface area contributed by atoms with E-state index in [4.69, 9.17) is 0 Å². The lowest BCUT2D eigenvalue weighted by Gasteiger charge is -2.29. The summed E-state index contributed by atoms with van der Waals surface area (Å²) >= 11 is 1.53. The van der Waals surface area contributed by atoms with Gasteiger partial charge in [0.05, 0.1) is 4.90 Å². The van der Waals surface area contributed by atoms with Crippen molar-refractivity contribution in [1.82, 2.24) is 10.0 Å². The van der Waals surface area contributed by atoms with Crippen molar-refractivity contribution in [3.8, 4) is 0 Å². The van der Waals surface area contributed by atoms with Crippen molar-refractivity contribution >= 4 is 33.8 Å². The Morgan fingerprint density at radius 2 is 2.11 bits per heavy atom. The Kier molecular flexibility index (Phi) is 5.82. The quantitative estimate of drug-likeness (QED) is 0.895.